The number of aliphatic hydroxyl groups is 1. The van der Waals surface area contributed by atoms with E-state index >= 15 is 0 Å². The molecule has 1 aliphatic heterocycles. The highest BCUT2D eigenvalue weighted by atomic mass is 19.1. The lowest BCUT2D eigenvalue weighted by atomic mass is 10.0. The SMILES string of the molecule is CCc1n[nH]c(CN2C[C@@H](O)C[C@@H]2c2ccc(F)cc2)n1. The van der Waals surface area contributed by atoms with E-state index < -0.39 is 0 Å². The molecule has 2 atom stereocenters. The monoisotopic (exact) mass is 290 g/mol. The molecule has 0 spiro atoms. The van der Waals surface area contributed by atoms with Crippen LogP contribution in [0, 0.1) is 5.82 Å². The molecule has 0 amide bonds. The highest BCUT2D eigenvalue weighted by Crippen LogP contribution is 2.33. The van der Waals surface area contributed by atoms with E-state index in [0.717, 1.165) is 23.6 Å². The minimum Gasteiger partial charge on any atom is -0.392 e. The second kappa shape index (κ2) is 5.91. The molecule has 5 nitrogen and oxygen atoms in total. The van der Waals surface area contributed by atoms with E-state index in [4.69, 9.17) is 0 Å². The number of rotatable bonds is 4. The van der Waals surface area contributed by atoms with Gasteiger partial charge in [-0.1, -0.05) is 19.1 Å². The summed E-state index contributed by atoms with van der Waals surface area (Å²) in [4.78, 5) is 6.56. The van der Waals surface area contributed by atoms with Gasteiger partial charge < -0.3 is 5.11 Å². The van der Waals surface area contributed by atoms with E-state index in [1.165, 1.54) is 12.1 Å². The Balaban J connectivity index is 1.77. The van der Waals surface area contributed by atoms with Crippen molar-refractivity contribution in [1.29, 1.82) is 0 Å². The van der Waals surface area contributed by atoms with Crippen molar-refractivity contribution in [2.75, 3.05) is 6.54 Å². The fourth-order valence-electron chi connectivity index (χ4n) is 2.84. The third kappa shape index (κ3) is 3.11. The van der Waals surface area contributed by atoms with E-state index in [9.17, 15) is 9.50 Å². The van der Waals surface area contributed by atoms with Gasteiger partial charge in [0.2, 0.25) is 0 Å². The largest absolute Gasteiger partial charge is 0.392 e. The molecule has 2 N–H and O–H groups in total. The summed E-state index contributed by atoms with van der Waals surface area (Å²) in [6, 6.07) is 6.56. The van der Waals surface area contributed by atoms with Gasteiger partial charge in [-0.15, -0.1) is 0 Å². The van der Waals surface area contributed by atoms with Gasteiger partial charge in [0, 0.05) is 19.0 Å². The number of aromatic nitrogens is 3. The zero-order valence-corrected chi connectivity index (χ0v) is 12.0. The summed E-state index contributed by atoms with van der Waals surface area (Å²) < 4.78 is 13.0. The van der Waals surface area contributed by atoms with Gasteiger partial charge in [0.25, 0.3) is 0 Å². The van der Waals surface area contributed by atoms with Crippen molar-refractivity contribution in [2.24, 2.45) is 0 Å². The average Bonchev–Trinajstić information content (AvgIpc) is 3.07. The molecular formula is C15H19FN4O. The first-order valence-electron chi connectivity index (χ1n) is 7.23. The van der Waals surface area contributed by atoms with Crippen LogP contribution in [0.25, 0.3) is 0 Å². The molecule has 1 aromatic carbocycles. The molecule has 2 aromatic rings. The molecule has 0 aliphatic carbocycles. The number of hydrogen-bond donors (Lipinski definition) is 2. The topological polar surface area (TPSA) is 65.0 Å². The molecule has 0 saturated carbocycles. The Labute approximate surface area is 122 Å². The first-order chi connectivity index (χ1) is 10.2. The van der Waals surface area contributed by atoms with E-state index in [1.807, 2.05) is 6.92 Å². The molecule has 0 radical (unpaired) electrons. The van der Waals surface area contributed by atoms with Gasteiger partial charge >= 0.3 is 0 Å². The second-order valence-electron chi connectivity index (χ2n) is 5.44. The number of nitrogens with zero attached hydrogens (tertiary/aromatic N) is 3. The Bertz CT molecular complexity index is 598. The van der Waals surface area contributed by atoms with Crippen molar-refractivity contribution in [3.05, 3.63) is 47.3 Å². The smallest absolute Gasteiger partial charge is 0.150 e. The Kier molecular flexibility index (Phi) is 3.98. The van der Waals surface area contributed by atoms with Crippen molar-refractivity contribution >= 4 is 0 Å². The molecule has 21 heavy (non-hydrogen) atoms. The molecule has 2 heterocycles. The average molecular weight is 290 g/mol. The number of H-pyrrole nitrogens is 1. The van der Waals surface area contributed by atoms with Gasteiger partial charge in [-0.2, -0.15) is 5.10 Å². The number of halogens is 1. The van der Waals surface area contributed by atoms with Gasteiger partial charge in [-0.25, -0.2) is 9.37 Å². The van der Waals surface area contributed by atoms with E-state index in [0.29, 0.717) is 19.5 Å². The number of nitrogens with one attached hydrogen (secondary N) is 1. The number of aryl methyl sites for hydroxylation is 1. The quantitative estimate of drug-likeness (QED) is 0.901. The molecule has 0 unspecified atom stereocenters. The van der Waals surface area contributed by atoms with Crippen LogP contribution in [-0.4, -0.2) is 37.8 Å². The molecule has 3 rings (SSSR count). The molecule has 0 bridgehead atoms. The molecule has 6 heteroatoms. The van der Waals surface area contributed by atoms with E-state index in [-0.39, 0.29) is 18.0 Å². The fraction of sp³-hybridized carbons (Fsp3) is 0.467. The zero-order chi connectivity index (χ0) is 14.8. The van der Waals surface area contributed by atoms with Crippen LogP contribution in [0.4, 0.5) is 4.39 Å². The summed E-state index contributed by atoms with van der Waals surface area (Å²) in [7, 11) is 0. The summed E-state index contributed by atoms with van der Waals surface area (Å²) in [5.41, 5.74) is 1.02. The third-order valence-corrected chi connectivity index (χ3v) is 3.88. The molecule has 1 saturated heterocycles. The Morgan fingerprint density at radius 2 is 2.14 bits per heavy atom. The van der Waals surface area contributed by atoms with Crippen molar-refractivity contribution in [3.8, 4) is 0 Å². The van der Waals surface area contributed by atoms with Gasteiger partial charge in [-0.05, 0) is 24.1 Å². The van der Waals surface area contributed by atoms with Crippen molar-refractivity contribution < 1.29 is 9.50 Å². The zero-order valence-electron chi connectivity index (χ0n) is 12.0. The number of hydrogen-bond acceptors (Lipinski definition) is 4. The summed E-state index contributed by atoms with van der Waals surface area (Å²) in [6.45, 7) is 3.20. The number of likely N-dealkylation sites (tertiary alicyclic amines) is 1. The number of aromatic amines is 1. The third-order valence-electron chi connectivity index (χ3n) is 3.88. The summed E-state index contributed by atoms with van der Waals surface area (Å²) in [5, 5.41) is 17.0. The van der Waals surface area contributed by atoms with Crippen LogP contribution in [0.5, 0.6) is 0 Å². The maximum absolute atomic E-state index is 13.0. The molecule has 1 aliphatic rings. The minimum atomic E-state index is -0.367. The van der Waals surface area contributed by atoms with Gasteiger partial charge in [-0.3, -0.25) is 10.00 Å². The van der Waals surface area contributed by atoms with Crippen LogP contribution in [0.1, 0.15) is 36.6 Å². The summed E-state index contributed by atoms with van der Waals surface area (Å²) >= 11 is 0. The number of aliphatic hydroxyl groups excluding tert-OH is 1. The van der Waals surface area contributed by atoms with Gasteiger partial charge in [0.15, 0.2) is 0 Å². The Morgan fingerprint density at radius 3 is 2.81 bits per heavy atom. The van der Waals surface area contributed by atoms with Gasteiger partial charge in [0.1, 0.15) is 17.5 Å². The standard InChI is InChI=1S/C15H19FN4O/c1-2-14-17-15(19-18-14)9-20-8-12(21)7-13(20)10-3-5-11(16)6-4-10/h3-6,12-13,21H,2,7-9H2,1H3,(H,17,18,19)/t12-,13+/m0/s1. The van der Waals surface area contributed by atoms with Crippen LogP contribution in [0.3, 0.4) is 0 Å². The maximum atomic E-state index is 13.0. The predicted octanol–water partition coefficient (Wildman–Crippen LogP) is 1.81. The molecular weight excluding hydrogens is 271 g/mol. The van der Waals surface area contributed by atoms with Crippen molar-refractivity contribution in [1.82, 2.24) is 20.1 Å². The lowest BCUT2D eigenvalue weighted by molar-refractivity contribution is 0.171. The maximum Gasteiger partial charge on any atom is 0.150 e. The van der Waals surface area contributed by atoms with Crippen molar-refractivity contribution in [2.45, 2.75) is 38.5 Å². The van der Waals surface area contributed by atoms with Crippen molar-refractivity contribution in [3.63, 3.8) is 0 Å². The first kappa shape index (κ1) is 14.2. The highest BCUT2D eigenvalue weighted by molar-refractivity contribution is 5.21. The lowest BCUT2D eigenvalue weighted by Gasteiger charge is -2.23. The fourth-order valence-corrected chi connectivity index (χ4v) is 2.84. The lowest BCUT2D eigenvalue weighted by Crippen LogP contribution is -2.25. The molecule has 112 valence electrons. The Hall–Kier alpha value is -1.79. The predicted molar refractivity (Wildman–Crippen MR) is 75.9 cm³/mol. The molecule has 1 fully saturated rings. The molecule has 1 aromatic heterocycles. The van der Waals surface area contributed by atoms with Crippen LogP contribution in [0.2, 0.25) is 0 Å². The Morgan fingerprint density at radius 1 is 1.38 bits per heavy atom. The number of benzene rings is 1. The highest BCUT2D eigenvalue weighted by Gasteiger charge is 2.32. The minimum absolute atomic E-state index is 0.0794. The van der Waals surface area contributed by atoms with Crippen LogP contribution < -0.4 is 0 Å². The van der Waals surface area contributed by atoms with Crippen LogP contribution in [0.15, 0.2) is 24.3 Å². The first-order valence-corrected chi connectivity index (χ1v) is 7.23. The second-order valence-corrected chi connectivity index (χ2v) is 5.44. The van der Waals surface area contributed by atoms with Crippen LogP contribution in [-0.2, 0) is 13.0 Å². The van der Waals surface area contributed by atoms with E-state index in [2.05, 4.69) is 20.1 Å². The normalized spacial score (nSPS) is 22.8. The summed E-state index contributed by atoms with van der Waals surface area (Å²) in [5.74, 6) is 1.35. The van der Waals surface area contributed by atoms with Gasteiger partial charge in [0.05, 0.1) is 12.6 Å². The van der Waals surface area contributed by atoms with Crippen LogP contribution >= 0.6 is 0 Å². The number of β-amino-alcohol motifs (C(OH)–C–C–N with tert-alkyl or cyclic N) is 1. The van der Waals surface area contributed by atoms with E-state index in [1.54, 1.807) is 12.1 Å². The summed E-state index contributed by atoms with van der Waals surface area (Å²) in [6.07, 6.45) is 1.08.